The smallest absolute Gasteiger partial charge is 0.112 e. The van der Waals surface area contributed by atoms with Crippen LogP contribution in [0.4, 0.5) is 0 Å². The van der Waals surface area contributed by atoms with Crippen LogP contribution in [0.1, 0.15) is 16.7 Å². The molecule has 17 heavy (non-hydrogen) atoms. The van der Waals surface area contributed by atoms with Crippen LogP contribution < -0.4 is 0 Å². The van der Waals surface area contributed by atoms with E-state index in [0.717, 1.165) is 16.7 Å². The molecule has 0 bridgehead atoms. The number of nitrogens with zero attached hydrogens (tertiary/aromatic N) is 1. The second kappa shape index (κ2) is 3.82. The van der Waals surface area contributed by atoms with Gasteiger partial charge in [0.25, 0.3) is 0 Å². The van der Waals surface area contributed by atoms with Crippen molar-refractivity contribution in [2.24, 2.45) is 0 Å². The Balaban J connectivity index is 2.04. The predicted octanol–water partition coefficient (Wildman–Crippen LogP) is 2.54. The highest BCUT2D eigenvalue weighted by atomic mass is 16.3. The van der Waals surface area contributed by atoms with Crippen molar-refractivity contribution in [3.63, 3.8) is 0 Å². The van der Waals surface area contributed by atoms with E-state index in [2.05, 4.69) is 4.98 Å². The molecule has 1 heterocycles. The third-order valence-electron chi connectivity index (χ3n) is 3.22. The maximum absolute atomic E-state index is 10.7. The normalized spacial score (nSPS) is 22.2. The van der Waals surface area contributed by atoms with Crippen molar-refractivity contribution in [3.8, 4) is 0 Å². The summed E-state index contributed by atoms with van der Waals surface area (Å²) in [6.45, 7) is 0. The molecular formula is C15H13NO. The molecular weight excluding hydrogens is 210 g/mol. The Labute approximate surface area is 100 Å². The highest BCUT2D eigenvalue weighted by molar-refractivity contribution is 5.58. The molecule has 1 aromatic carbocycles. The Morgan fingerprint density at radius 3 is 2.76 bits per heavy atom. The first-order valence-electron chi connectivity index (χ1n) is 5.68. The highest BCUT2D eigenvalue weighted by Crippen LogP contribution is 2.33. The topological polar surface area (TPSA) is 33.1 Å². The van der Waals surface area contributed by atoms with Crippen LogP contribution in [0.15, 0.2) is 54.9 Å². The van der Waals surface area contributed by atoms with Crippen molar-refractivity contribution in [2.75, 3.05) is 0 Å². The molecule has 1 atom stereocenters. The Hall–Kier alpha value is -1.93. The summed E-state index contributed by atoms with van der Waals surface area (Å²) in [6, 6.07) is 11.7. The van der Waals surface area contributed by atoms with Gasteiger partial charge in [-0.15, -0.1) is 0 Å². The van der Waals surface area contributed by atoms with Gasteiger partial charge in [-0.3, -0.25) is 4.98 Å². The molecule has 2 nitrogen and oxygen atoms in total. The summed E-state index contributed by atoms with van der Waals surface area (Å²) < 4.78 is 0. The molecule has 1 aliphatic carbocycles. The van der Waals surface area contributed by atoms with Gasteiger partial charge in [0.2, 0.25) is 0 Å². The average Bonchev–Trinajstić information content (AvgIpc) is 2.40. The largest absolute Gasteiger partial charge is 0.381 e. The summed E-state index contributed by atoms with van der Waals surface area (Å²) in [6.07, 6.45) is 8.00. The van der Waals surface area contributed by atoms with Gasteiger partial charge in [-0.2, -0.15) is 0 Å². The Morgan fingerprint density at radius 2 is 1.94 bits per heavy atom. The van der Waals surface area contributed by atoms with Crippen LogP contribution in [0.2, 0.25) is 0 Å². The first-order chi connectivity index (χ1) is 8.28. The van der Waals surface area contributed by atoms with Crippen LogP contribution in [-0.2, 0) is 12.0 Å². The standard InChI is InChI=1S/C15H13NO/c17-15(14-4-2-1-3-5-14)8-6-13-11-16-9-7-12(13)10-15/h1-9,11,17H,10H2. The lowest BCUT2D eigenvalue weighted by molar-refractivity contribution is 0.0893. The molecule has 1 aliphatic rings. The second-order valence-corrected chi connectivity index (χ2v) is 4.37. The van der Waals surface area contributed by atoms with E-state index >= 15 is 0 Å². The van der Waals surface area contributed by atoms with Gasteiger partial charge < -0.3 is 5.11 Å². The summed E-state index contributed by atoms with van der Waals surface area (Å²) in [5, 5.41) is 10.7. The molecule has 2 heteroatoms. The molecule has 2 aromatic rings. The lowest BCUT2D eigenvalue weighted by Gasteiger charge is -2.29. The number of aromatic nitrogens is 1. The van der Waals surface area contributed by atoms with Crippen molar-refractivity contribution in [1.29, 1.82) is 0 Å². The molecule has 84 valence electrons. The lowest BCUT2D eigenvalue weighted by atomic mass is 9.82. The van der Waals surface area contributed by atoms with E-state index in [4.69, 9.17) is 0 Å². The summed E-state index contributed by atoms with van der Waals surface area (Å²) in [5.41, 5.74) is 2.26. The van der Waals surface area contributed by atoms with Gasteiger partial charge in [-0.1, -0.05) is 36.4 Å². The number of aliphatic hydroxyl groups is 1. The molecule has 1 unspecified atom stereocenters. The molecule has 1 aromatic heterocycles. The van der Waals surface area contributed by atoms with Crippen LogP contribution in [-0.4, -0.2) is 10.1 Å². The molecule has 3 rings (SSSR count). The highest BCUT2D eigenvalue weighted by Gasteiger charge is 2.29. The first kappa shape index (κ1) is 10.2. The lowest BCUT2D eigenvalue weighted by Crippen LogP contribution is -2.28. The van der Waals surface area contributed by atoms with Crippen LogP contribution in [0, 0.1) is 0 Å². The maximum atomic E-state index is 10.7. The summed E-state index contributed by atoms with van der Waals surface area (Å²) in [5.74, 6) is 0. The fraction of sp³-hybridized carbons (Fsp3) is 0.133. The van der Waals surface area contributed by atoms with Gasteiger partial charge in [0.1, 0.15) is 5.60 Å². The zero-order chi connectivity index (χ0) is 11.7. The van der Waals surface area contributed by atoms with Crippen LogP contribution in [0.3, 0.4) is 0 Å². The third kappa shape index (κ3) is 1.77. The minimum Gasteiger partial charge on any atom is -0.381 e. The number of hydrogen-bond donors (Lipinski definition) is 1. The van der Waals surface area contributed by atoms with Crippen molar-refractivity contribution in [2.45, 2.75) is 12.0 Å². The van der Waals surface area contributed by atoms with Crippen LogP contribution in [0.25, 0.3) is 6.08 Å². The number of hydrogen-bond acceptors (Lipinski definition) is 2. The quantitative estimate of drug-likeness (QED) is 0.806. The third-order valence-corrected chi connectivity index (χ3v) is 3.22. The predicted molar refractivity (Wildman–Crippen MR) is 67.3 cm³/mol. The number of fused-ring (bicyclic) bond motifs is 1. The summed E-state index contributed by atoms with van der Waals surface area (Å²) in [7, 11) is 0. The first-order valence-corrected chi connectivity index (χ1v) is 5.68. The van der Waals surface area contributed by atoms with Crippen molar-refractivity contribution < 1.29 is 5.11 Å². The van der Waals surface area contributed by atoms with E-state index in [1.807, 2.05) is 54.7 Å². The summed E-state index contributed by atoms with van der Waals surface area (Å²) >= 11 is 0. The van der Waals surface area contributed by atoms with Gasteiger partial charge >= 0.3 is 0 Å². The zero-order valence-corrected chi connectivity index (χ0v) is 9.38. The Kier molecular flexibility index (Phi) is 2.30. The Morgan fingerprint density at radius 1 is 1.12 bits per heavy atom. The fourth-order valence-electron chi connectivity index (χ4n) is 2.25. The number of pyridine rings is 1. The van der Waals surface area contributed by atoms with Gasteiger partial charge in [0, 0.05) is 18.8 Å². The van der Waals surface area contributed by atoms with E-state index in [9.17, 15) is 5.11 Å². The zero-order valence-electron chi connectivity index (χ0n) is 9.38. The van der Waals surface area contributed by atoms with Gasteiger partial charge in [-0.25, -0.2) is 0 Å². The Bertz CT molecular complexity index is 562. The molecule has 0 saturated carbocycles. The molecule has 0 aliphatic heterocycles. The minimum atomic E-state index is -0.893. The fourth-order valence-corrected chi connectivity index (χ4v) is 2.25. The van der Waals surface area contributed by atoms with Crippen molar-refractivity contribution in [3.05, 3.63) is 71.6 Å². The minimum absolute atomic E-state index is 0.603. The monoisotopic (exact) mass is 223 g/mol. The van der Waals surface area contributed by atoms with E-state index in [1.165, 1.54) is 0 Å². The molecule has 0 amide bonds. The molecule has 0 spiro atoms. The maximum Gasteiger partial charge on any atom is 0.112 e. The van der Waals surface area contributed by atoms with Gasteiger partial charge in [-0.05, 0) is 28.8 Å². The number of benzene rings is 1. The van der Waals surface area contributed by atoms with E-state index < -0.39 is 5.60 Å². The van der Waals surface area contributed by atoms with E-state index in [0.29, 0.717) is 6.42 Å². The molecule has 1 N–H and O–H groups in total. The van der Waals surface area contributed by atoms with Gasteiger partial charge in [0.05, 0.1) is 0 Å². The molecule has 0 saturated heterocycles. The van der Waals surface area contributed by atoms with Crippen LogP contribution in [0.5, 0.6) is 0 Å². The van der Waals surface area contributed by atoms with Crippen molar-refractivity contribution in [1.82, 2.24) is 4.98 Å². The SMILES string of the molecule is OC1(c2ccccc2)C=Cc2cnccc2C1. The van der Waals surface area contributed by atoms with Gasteiger partial charge in [0.15, 0.2) is 0 Å². The van der Waals surface area contributed by atoms with Crippen molar-refractivity contribution >= 4 is 6.08 Å². The molecule has 0 radical (unpaired) electrons. The number of rotatable bonds is 1. The van der Waals surface area contributed by atoms with Crippen LogP contribution >= 0.6 is 0 Å². The van der Waals surface area contributed by atoms with E-state index in [1.54, 1.807) is 6.20 Å². The van der Waals surface area contributed by atoms with E-state index in [-0.39, 0.29) is 0 Å². The molecule has 0 fully saturated rings. The second-order valence-electron chi connectivity index (χ2n) is 4.37. The summed E-state index contributed by atoms with van der Waals surface area (Å²) in [4.78, 5) is 4.09. The average molecular weight is 223 g/mol.